The van der Waals surface area contributed by atoms with Gasteiger partial charge in [-0.15, -0.1) is 0 Å². The van der Waals surface area contributed by atoms with Gasteiger partial charge in [-0.25, -0.2) is 12.7 Å². The number of aromatic nitrogens is 2. The Morgan fingerprint density at radius 1 is 1.47 bits per heavy atom. The average molecular weight is 260 g/mol. The number of aromatic amines is 1. The first kappa shape index (κ1) is 14.1. The van der Waals surface area contributed by atoms with Crippen LogP contribution in [-0.2, 0) is 16.6 Å². The van der Waals surface area contributed by atoms with Gasteiger partial charge >= 0.3 is 0 Å². The Kier molecular flexibility index (Phi) is 4.29. The number of nitrogens with two attached hydrogens (primary N) is 1. The van der Waals surface area contributed by atoms with Crippen molar-refractivity contribution in [3.8, 4) is 0 Å². The van der Waals surface area contributed by atoms with E-state index in [-0.39, 0.29) is 17.4 Å². The summed E-state index contributed by atoms with van der Waals surface area (Å²) in [5.41, 5.74) is 6.41. The normalized spacial score (nSPS) is 12.6. The smallest absolute Gasteiger partial charge is 0.246 e. The van der Waals surface area contributed by atoms with E-state index in [1.54, 1.807) is 14.0 Å². The molecule has 1 heterocycles. The third kappa shape index (κ3) is 2.85. The Hall–Kier alpha value is -0.920. The Labute approximate surface area is 102 Å². The van der Waals surface area contributed by atoms with E-state index >= 15 is 0 Å². The summed E-state index contributed by atoms with van der Waals surface area (Å²) in [6.45, 7) is 6.20. The molecule has 0 spiro atoms. The van der Waals surface area contributed by atoms with Gasteiger partial charge in [-0.3, -0.25) is 5.10 Å². The zero-order valence-electron chi connectivity index (χ0n) is 10.7. The van der Waals surface area contributed by atoms with Crippen LogP contribution in [0.3, 0.4) is 0 Å². The van der Waals surface area contributed by atoms with Crippen molar-refractivity contribution in [1.82, 2.24) is 14.5 Å². The number of hydrogen-bond donors (Lipinski definition) is 2. The van der Waals surface area contributed by atoms with Gasteiger partial charge in [-0.1, -0.05) is 13.8 Å². The third-order valence-electron chi connectivity index (χ3n) is 2.45. The molecule has 0 amide bonds. The van der Waals surface area contributed by atoms with Gasteiger partial charge in [-0.2, -0.15) is 5.10 Å². The first-order chi connectivity index (χ1) is 7.80. The van der Waals surface area contributed by atoms with Crippen LogP contribution in [0.4, 0.5) is 0 Å². The maximum Gasteiger partial charge on any atom is 0.246 e. The van der Waals surface area contributed by atoms with Crippen molar-refractivity contribution in [1.29, 1.82) is 0 Å². The highest BCUT2D eigenvalue weighted by Gasteiger charge is 2.28. The molecule has 0 aliphatic carbocycles. The number of nitrogens with zero attached hydrogens (tertiary/aromatic N) is 2. The molecule has 0 atom stereocenters. The van der Waals surface area contributed by atoms with Crippen molar-refractivity contribution in [3.63, 3.8) is 0 Å². The monoisotopic (exact) mass is 260 g/mol. The van der Waals surface area contributed by atoms with E-state index in [1.165, 1.54) is 4.31 Å². The fourth-order valence-corrected chi connectivity index (χ4v) is 3.38. The summed E-state index contributed by atoms with van der Waals surface area (Å²) in [6, 6.07) is 0. The maximum atomic E-state index is 12.3. The zero-order valence-corrected chi connectivity index (χ0v) is 11.5. The summed E-state index contributed by atoms with van der Waals surface area (Å²) in [6.07, 6.45) is 0. The van der Waals surface area contributed by atoms with Crippen molar-refractivity contribution in [3.05, 3.63) is 11.4 Å². The average Bonchev–Trinajstić information content (AvgIpc) is 2.58. The second kappa shape index (κ2) is 5.16. The van der Waals surface area contributed by atoms with E-state index < -0.39 is 10.0 Å². The van der Waals surface area contributed by atoms with E-state index in [1.807, 2.05) is 13.8 Å². The molecule has 1 aromatic rings. The van der Waals surface area contributed by atoms with Crippen LogP contribution < -0.4 is 5.73 Å². The van der Waals surface area contributed by atoms with Gasteiger partial charge in [0.05, 0.1) is 11.4 Å². The largest absolute Gasteiger partial charge is 0.325 e. The van der Waals surface area contributed by atoms with Gasteiger partial charge in [0, 0.05) is 20.1 Å². The Balaban J connectivity index is 3.17. The van der Waals surface area contributed by atoms with E-state index in [0.29, 0.717) is 17.9 Å². The fourth-order valence-electron chi connectivity index (χ4n) is 1.72. The molecule has 17 heavy (non-hydrogen) atoms. The van der Waals surface area contributed by atoms with E-state index in [4.69, 9.17) is 5.73 Å². The lowest BCUT2D eigenvalue weighted by atomic mass is 10.2. The van der Waals surface area contributed by atoms with Crippen LogP contribution in [0.2, 0.25) is 0 Å². The summed E-state index contributed by atoms with van der Waals surface area (Å²) in [5, 5.41) is 6.57. The molecule has 98 valence electrons. The Morgan fingerprint density at radius 2 is 2.06 bits per heavy atom. The van der Waals surface area contributed by atoms with Gasteiger partial charge in [0.1, 0.15) is 4.90 Å². The lowest BCUT2D eigenvalue weighted by Crippen LogP contribution is -2.31. The second-order valence-electron chi connectivity index (χ2n) is 4.51. The SMILES string of the molecule is Cc1[nH]nc(CN)c1S(=O)(=O)N(C)CC(C)C. The molecule has 0 bridgehead atoms. The zero-order chi connectivity index (χ0) is 13.2. The lowest BCUT2D eigenvalue weighted by Gasteiger charge is -2.19. The molecule has 1 aromatic heterocycles. The van der Waals surface area contributed by atoms with Crippen LogP contribution in [0, 0.1) is 12.8 Å². The van der Waals surface area contributed by atoms with Gasteiger partial charge in [0.2, 0.25) is 10.0 Å². The lowest BCUT2D eigenvalue weighted by molar-refractivity contribution is 0.416. The number of hydrogen-bond acceptors (Lipinski definition) is 4. The molecule has 6 nitrogen and oxygen atoms in total. The minimum atomic E-state index is -3.50. The predicted octanol–water partition coefficient (Wildman–Crippen LogP) is 0.453. The molecule has 1 rings (SSSR count). The minimum absolute atomic E-state index is 0.106. The van der Waals surface area contributed by atoms with Crippen LogP contribution in [0.25, 0.3) is 0 Å². The van der Waals surface area contributed by atoms with E-state index in [2.05, 4.69) is 10.2 Å². The molecule has 0 radical (unpaired) electrons. The third-order valence-corrected chi connectivity index (χ3v) is 4.47. The molecule has 3 N–H and O–H groups in total. The molecular weight excluding hydrogens is 240 g/mol. The highest BCUT2D eigenvalue weighted by atomic mass is 32.2. The number of rotatable bonds is 5. The van der Waals surface area contributed by atoms with Crippen molar-refractivity contribution >= 4 is 10.0 Å². The summed E-state index contributed by atoms with van der Waals surface area (Å²) in [4.78, 5) is 0.211. The summed E-state index contributed by atoms with van der Waals surface area (Å²) in [5.74, 6) is 0.267. The fraction of sp³-hybridized carbons (Fsp3) is 0.700. The highest BCUT2D eigenvalue weighted by Crippen LogP contribution is 2.21. The minimum Gasteiger partial charge on any atom is -0.325 e. The quantitative estimate of drug-likeness (QED) is 0.804. The summed E-state index contributed by atoms with van der Waals surface area (Å²) < 4.78 is 26.0. The Morgan fingerprint density at radius 3 is 2.53 bits per heavy atom. The summed E-state index contributed by atoms with van der Waals surface area (Å²) >= 11 is 0. The van der Waals surface area contributed by atoms with Crippen LogP contribution in [0.1, 0.15) is 25.2 Å². The van der Waals surface area contributed by atoms with E-state index in [0.717, 1.165) is 0 Å². The molecule has 0 unspecified atom stereocenters. The van der Waals surface area contributed by atoms with Gasteiger partial charge in [-0.05, 0) is 12.8 Å². The van der Waals surface area contributed by atoms with Crippen LogP contribution in [-0.4, -0.2) is 36.5 Å². The second-order valence-corrected chi connectivity index (χ2v) is 6.49. The first-order valence-electron chi connectivity index (χ1n) is 5.51. The Bertz CT molecular complexity index is 478. The van der Waals surface area contributed by atoms with Crippen molar-refractivity contribution in [2.75, 3.05) is 13.6 Å². The molecule has 0 aromatic carbocycles. The first-order valence-corrected chi connectivity index (χ1v) is 6.95. The standard InChI is InChI=1S/C10H20N4O2S/c1-7(2)6-14(4)17(15,16)10-8(3)12-13-9(10)5-11/h7H,5-6,11H2,1-4H3,(H,12,13). The van der Waals surface area contributed by atoms with Gasteiger partial charge in [0.25, 0.3) is 0 Å². The molecule has 0 aliphatic rings. The molecule has 0 saturated carbocycles. The number of H-pyrrole nitrogens is 1. The number of aryl methyl sites for hydroxylation is 1. The van der Waals surface area contributed by atoms with Gasteiger partial charge < -0.3 is 5.73 Å². The molecule has 0 saturated heterocycles. The molecule has 7 heteroatoms. The highest BCUT2D eigenvalue weighted by molar-refractivity contribution is 7.89. The number of nitrogens with one attached hydrogen (secondary N) is 1. The predicted molar refractivity (Wildman–Crippen MR) is 65.9 cm³/mol. The molecule has 0 aliphatic heterocycles. The molecular formula is C10H20N4O2S. The van der Waals surface area contributed by atoms with Crippen LogP contribution in [0.15, 0.2) is 4.90 Å². The number of sulfonamides is 1. The summed E-state index contributed by atoms with van der Waals surface area (Å²) in [7, 11) is -1.93. The van der Waals surface area contributed by atoms with Crippen LogP contribution >= 0.6 is 0 Å². The van der Waals surface area contributed by atoms with Crippen LogP contribution in [0.5, 0.6) is 0 Å². The maximum absolute atomic E-state index is 12.3. The van der Waals surface area contributed by atoms with E-state index in [9.17, 15) is 8.42 Å². The van der Waals surface area contributed by atoms with Crippen molar-refractivity contribution in [2.24, 2.45) is 11.7 Å². The van der Waals surface area contributed by atoms with Gasteiger partial charge in [0.15, 0.2) is 0 Å². The van der Waals surface area contributed by atoms with Crippen molar-refractivity contribution in [2.45, 2.75) is 32.2 Å². The molecule has 0 fully saturated rings. The van der Waals surface area contributed by atoms with Crippen molar-refractivity contribution < 1.29 is 8.42 Å². The topological polar surface area (TPSA) is 92.1 Å².